The fourth-order valence-corrected chi connectivity index (χ4v) is 1.62. The summed E-state index contributed by atoms with van der Waals surface area (Å²) in [5.41, 5.74) is 2.31. The Morgan fingerprint density at radius 1 is 1.35 bits per heavy atom. The predicted molar refractivity (Wildman–Crippen MR) is 69.9 cm³/mol. The van der Waals surface area contributed by atoms with Gasteiger partial charge in [-0.05, 0) is 17.5 Å². The van der Waals surface area contributed by atoms with Crippen LogP contribution in [0.4, 0.5) is 10.5 Å². The first-order valence-electron chi connectivity index (χ1n) is 5.66. The van der Waals surface area contributed by atoms with Crippen molar-refractivity contribution in [1.82, 2.24) is 5.32 Å². The van der Waals surface area contributed by atoms with Crippen LogP contribution in [-0.4, -0.2) is 27.2 Å². The molecular weight excluding hydrogens is 216 g/mol. The predicted octanol–water partition coefficient (Wildman–Crippen LogP) is 2.59. The van der Waals surface area contributed by atoms with Crippen LogP contribution in [-0.2, 0) is 0 Å². The molecule has 0 aromatic heterocycles. The van der Waals surface area contributed by atoms with Gasteiger partial charge in [0, 0.05) is 32.9 Å². The summed E-state index contributed by atoms with van der Waals surface area (Å²) in [6, 6.07) is 5.69. The molecule has 1 amide bonds. The van der Waals surface area contributed by atoms with Crippen molar-refractivity contribution in [3.63, 3.8) is 0 Å². The minimum absolute atomic E-state index is 0.432. The van der Waals surface area contributed by atoms with Gasteiger partial charge in [0.25, 0.3) is 0 Å². The average Bonchev–Trinajstić information content (AvgIpc) is 2.28. The normalized spacial score (nSPS) is 10.2. The van der Waals surface area contributed by atoms with Gasteiger partial charge in [0.1, 0.15) is 5.75 Å². The zero-order valence-corrected chi connectivity index (χ0v) is 11.1. The lowest BCUT2D eigenvalue weighted by Gasteiger charge is -2.20. The van der Waals surface area contributed by atoms with Crippen molar-refractivity contribution in [1.29, 1.82) is 0 Å². The van der Waals surface area contributed by atoms with E-state index in [1.807, 2.05) is 37.2 Å². The number of hydrogen-bond donors (Lipinski definition) is 1. The number of carbonyl (C=O) groups is 1. The van der Waals surface area contributed by atoms with Gasteiger partial charge >= 0.3 is 6.09 Å². The van der Waals surface area contributed by atoms with E-state index < -0.39 is 6.09 Å². The van der Waals surface area contributed by atoms with Crippen molar-refractivity contribution in [2.75, 3.05) is 26.0 Å². The van der Waals surface area contributed by atoms with Crippen LogP contribution in [0.25, 0.3) is 0 Å². The lowest BCUT2D eigenvalue weighted by molar-refractivity contribution is 0.203. The number of hydrogen-bond acceptors (Lipinski definition) is 3. The molecule has 0 saturated heterocycles. The van der Waals surface area contributed by atoms with E-state index in [9.17, 15) is 4.79 Å². The molecule has 1 N–H and O–H groups in total. The van der Waals surface area contributed by atoms with Crippen molar-refractivity contribution in [2.45, 2.75) is 19.8 Å². The number of nitrogens with zero attached hydrogens (tertiary/aromatic N) is 1. The third-order valence-electron chi connectivity index (χ3n) is 2.52. The molecule has 0 heterocycles. The SMILES string of the molecule is CNC(=O)Oc1ccc(C(C)C)c(N(C)C)c1. The van der Waals surface area contributed by atoms with E-state index in [-0.39, 0.29) is 0 Å². The number of nitrogens with one attached hydrogen (secondary N) is 1. The van der Waals surface area contributed by atoms with Gasteiger partial charge in [-0.15, -0.1) is 0 Å². The Labute approximate surface area is 103 Å². The molecule has 17 heavy (non-hydrogen) atoms. The zero-order chi connectivity index (χ0) is 13.0. The second-order valence-corrected chi connectivity index (χ2v) is 4.41. The number of benzene rings is 1. The molecular formula is C13H20N2O2. The maximum atomic E-state index is 11.1. The molecule has 0 bridgehead atoms. The maximum absolute atomic E-state index is 11.1. The van der Waals surface area contributed by atoms with E-state index in [2.05, 4.69) is 19.2 Å². The molecule has 94 valence electrons. The van der Waals surface area contributed by atoms with E-state index in [1.54, 1.807) is 0 Å². The summed E-state index contributed by atoms with van der Waals surface area (Å²) in [6.45, 7) is 4.28. The molecule has 0 spiro atoms. The highest BCUT2D eigenvalue weighted by Crippen LogP contribution is 2.30. The van der Waals surface area contributed by atoms with Gasteiger partial charge in [0.05, 0.1) is 0 Å². The molecule has 0 atom stereocenters. The average molecular weight is 236 g/mol. The standard InChI is InChI=1S/C13H20N2O2/c1-9(2)11-7-6-10(17-13(16)14-3)8-12(11)15(4)5/h6-9H,1-5H3,(H,14,16). The molecule has 0 aliphatic heterocycles. The second-order valence-electron chi connectivity index (χ2n) is 4.41. The summed E-state index contributed by atoms with van der Waals surface area (Å²) in [6.07, 6.45) is -0.452. The molecule has 0 saturated carbocycles. The minimum Gasteiger partial charge on any atom is -0.410 e. The highest BCUT2D eigenvalue weighted by molar-refractivity contribution is 5.71. The molecule has 0 aliphatic rings. The lowest BCUT2D eigenvalue weighted by Crippen LogP contribution is -2.22. The van der Waals surface area contributed by atoms with E-state index in [4.69, 9.17) is 4.74 Å². The van der Waals surface area contributed by atoms with E-state index in [0.717, 1.165) is 5.69 Å². The Bertz CT molecular complexity index is 400. The summed E-state index contributed by atoms with van der Waals surface area (Å²) < 4.78 is 5.11. The van der Waals surface area contributed by atoms with Gasteiger partial charge in [-0.2, -0.15) is 0 Å². The first-order valence-corrected chi connectivity index (χ1v) is 5.66. The van der Waals surface area contributed by atoms with Gasteiger partial charge in [0.15, 0.2) is 0 Å². The maximum Gasteiger partial charge on any atom is 0.412 e. The van der Waals surface area contributed by atoms with Crippen molar-refractivity contribution in [3.05, 3.63) is 23.8 Å². The molecule has 1 aromatic rings. The Balaban J connectivity index is 3.05. The molecule has 1 aromatic carbocycles. The third-order valence-corrected chi connectivity index (χ3v) is 2.52. The summed E-state index contributed by atoms with van der Waals surface area (Å²) in [7, 11) is 5.49. The minimum atomic E-state index is -0.452. The Morgan fingerprint density at radius 3 is 2.47 bits per heavy atom. The Kier molecular flexibility index (Phi) is 4.37. The van der Waals surface area contributed by atoms with E-state index >= 15 is 0 Å². The first kappa shape index (κ1) is 13.4. The number of ether oxygens (including phenoxy) is 1. The van der Waals surface area contributed by atoms with E-state index in [0.29, 0.717) is 11.7 Å². The van der Waals surface area contributed by atoms with Gasteiger partial charge in [-0.3, -0.25) is 0 Å². The molecule has 4 heteroatoms. The molecule has 1 rings (SSSR count). The monoisotopic (exact) mass is 236 g/mol. The zero-order valence-electron chi connectivity index (χ0n) is 11.1. The first-order chi connectivity index (χ1) is 7.95. The lowest BCUT2D eigenvalue weighted by atomic mass is 10.0. The fraction of sp³-hybridized carbons (Fsp3) is 0.462. The van der Waals surface area contributed by atoms with Crippen LogP contribution in [0.2, 0.25) is 0 Å². The van der Waals surface area contributed by atoms with Crippen LogP contribution in [0.5, 0.6) is 5.75 Å². The summed E-state index contributed by atoms with van der Waals surface area (Å²) >= 11 is 0. The van der Waals surface area contributed by atoms with Crippen LogP contribution in [0.1, 0.15) is 25.3 Å². The van der Waals surface area contributed by atoms with Gasteiger partial charge in [-0.1, -0.05) is 19.9 Å². The van der Waals surface area contributed by atoms with Crippen LogP contribution in [0, 0.1) is 0 Å². The number of amides is 1. The Hall–Kier alpha value is -1.71. The summed E-state index contributed by atoms with van der Waals surface area (Å²) in [4.78, 5) is 13.2. The second kappa shape index (κ2) is 5.57. The summed E-state index contributed by atoms with van der Waals surface area (Å²) in [5, 5.41) is 2.42. The molecule has 0 aliphatic carbocycles. The summed E-state index contributed by atoms with van der Waals surface area (Å²) in [5.74, 6) is 0.985. The van der Waals surface area contributed by atoms with Crippen molar-refractivity contribution in [2.24, 2.45) is 0 Å². The number of rotatable bonds is 3. The van der Waals surface area contributed by atoms with Crippen LogP contribution in [0.15, 0.2) is 18.2 Å². The van der Waals surface area contributed by atoms with Crippen molar-refractivity contribution in [3.8, 4) is 5.75 Å². The quantitative estimate of drug-likeness (QED) is 0.877. The smallest absolute Gasteiger partial charge is 0.410 e. The largest absolute Gasteiger partial charge is 0.412 e. The molecule has 4 nitrogen and oxygen atoms in total. The van der Waals surface area contributed by atoms with Crippen LogP contribution < -0.4 is 15.0 Å². The highest BCUT2D eigenvalue weighted by Gasteiger charge is 2.11. The molecule has 0 radical (unpaired) electrons. The molecule has 0 unspecified atom stereocenters. The van der Waals surface area contributed by atoms with Gasteiger partial charge < -0.3 is 15.0 Å². The number of anilines is 1. The number of carbonyl (C=O) groups excluding carboxylic acids is 1. The topological polar surface area (TPSA) is 41.6 Å². The van der Waals surface area contributed by atoms with Crippen molar-refractivity contribution < 1.29 is 9.53 Å². The van der Waals surface area contributed by atoms with E-state index in [1.165, 1.54) is 12.6 Å². The Morgan fingerprint density at radius 2 is 2.00 bits per heavy atom. The van der Waals surface area contributed by atoms with Gasteiger partial charge in [-0.25, -0.2) is 4.79 Å². The highest BCUT2D eigenvalue weighted by atomic mass is 16.5. The molecule has 0 fully saturated rings. The fourth-order valence-electron chi connectivity index (χ4n) is 1.62. The third kappa shape index (κ3) is 3.37. The van der Waals surface area contributed by atoms with Crippen molar-refractivity contribution >= 4 is 11.8 Å². The van der Waals surface area contributed by atoms with Crippen LogP contribution >= 0.6 is 0 Å². The van der Waals surface area contributed by atoms with Gasteiger partial charge in [0.2, 0.25) is 0 Å². The van der Waals surface area contributed by atoms with Crippen LogP contribution in [0.3, 0.4) is 0 Å².